The Labute approximate surface area is 180 Å². The van der Waals surface area contributed by atoms with Crippen LogP contribution in [0.4, 0.5) is 5.69 Å². The van der Waals surface area contributed by atoms with Gasteiger partial charge in [-0.15, -0.1) is 10.2 Å². The van der Waals surface area contributed by atoms with Crippen LogP contribution in [0.3, 0.4) is 0 Å². The lowest BCUT2D eigenvalue weighted by molar-refractivity contribution is -0.120. The Morgan fingerprint density at radius 2 is 1.73 bits per heavy atom. The molecule has 0 spiro atoms. The molecule has 1 aromatic heterocycles. The highest BCUT2D eigenvalue weighted by atomic mass is 32.2. The molecule has 1 heterocycles. The molecule has 0 aliphatic heterocycles. The van der Waals surface area contributed by atoms with Crippen molar-refractivity contribution in [3.63, 3.8) is 0 Å². The largest absolute Gasteiger partial charge is 0.349 e. The maximum atomic E-state index is 12.3. The molecule has 2 amide bonds. The number of hydrogen-bond donors (Lipinski definition) is 2. The Morgan fingerprint density at radius 3 is 2.47 bits per heavy atom. The van der Waals surface area contributed by atoms with Gasteiger partial charge in [-0.2, -0.15) is 0 Å². The predicted molar refractivity (Wildman–Crippen MR) is 118 cm³/mol. The Kier molecular flexibility index (Phi) is 7.62. The molecule has 2 N–H and O–H groups in total. The fraction of sp³-hybridized carbons (Fsp3) is 0.273. The quantitative estimate of drug-likeness (QED) is 0.516. The number of nitrogens with one attached hydrogen (secondary N) is 2. The van der Waals surface area contributed by atoms with Crippen molar-refractivity contribution in [3.05, 3.63) is 71.5 Å². The Hall–Kier alpha value is -3.13. The van der Waals surface area contributed by atoms with E-state index in [4.69, 9.17) is 0 Å². The summed E-state index contributed by atoms with van der Waals surface area (Å²) in [6, 6.07) is 17.2. The number of aromatic nitrogens is 3. The van der Waals surface area contributed by atoms with Gasteiger partial charge in [0.15, 0.2) is 11.0 Å². The van der Waals surface area contributed by atoms with Crippen LogP contribution < -0.4 is 10.6 Å². The van der Waals surface area contributed by atoms with Crippen LogP contribution >= 0.6 is 11.8 Å². The normalized spacial score (nSPS) is 10.6. The van der Waals surface area contributed by atoms with E-state index in [0.29, 0.717) is 30.5 Å². The fourth-order valence-corrected chi connectivity index (χ4v) is 3.75. The average Bonchev–Trinajstić information content (AvgIpc) is 3.15. The van der Waals surface area contributed by atoms with Crippen molar-refractivity contribution in [2.45, 2.75) is 38.5 Å². The SMILES string of the molecule is CCn1c(CNC(=O)Cc2ccccc2)nnc1SCC(=O)Nc1ccccc1C. The highest BCUT2D eigenvalue weighted by Gasteiger charge is 2.14. The van der Waals surface area contributed by atoms with Crippen LogP contribution in [0, 0.1) is 6.92 Å². The number of thioether (sulfide) groups is 1. The molecule has 3 aromatic rings. The molecule has 8 heteroatoms. The number of anilines is 1. The van der Waals surface area contributed by atoms with E-state index >= 15 is 0 Å². The maximum Gasteiger partial charge on any atom is 0.234 e. The summed E-state index contributed by atoms with van der Waals surface area (Å²) < 4.78 is 1.91. The van der Waals surface area contributed by atoms with Crippen LogP contribution in [0.25, 0.3) is 0 Å². The molecule has 0 saturated heterocycles. The molecule has 2 aromatic carbocycles. The molecule has 0 bridgehead atoms. The van der Waals surface area contributed by atoms with Crippen LogP contribution in [0.2, 0.25) is 0 Å². The van der Waals surface area contributed by atoms with E-state index in [1.807, 2.05) is 73.0 Å². The second kappa shape index (κ2) is 10.6. The molecule has 0 saturated carbocycles. The van der Waals surface area contributed by atoms with Gasteiger partial charge in [-0.05, 0) is 31.0 Å². The third-order valence-electron chi connectivity index (χ3n) is 4.51. The number of carbonyl (C=O) groups excluding carboxylic acids is 2. The zero-order chi connectivity index (χ0) is 21.3. The lowest BCUT2D eigenvalue weighted by Crippen LogP contribution is -2.26. The topological polar surface area (TPSA) is 88.9 Å². The number of hydrogen-bond acceptors (Lipinski definition) is 5. The molecule has 0 unspecified atom stereocenters. The maximum absolute atomic E-state index is 12.3. The van der Waals surface area contributed by atoms with E-state index in [9.17, 15) is 9.59 Å². The zero-order valence-electron chi connectivity index (χ0n) is 17.1. The summed E-state index contributed by atoms with van der Waals surface area (Å²) in [6.07, 6.45) is 0.321. The van der Waals surface area contributed by atoms with Gasteiger partial charge in [0.05, 0.1) is 18.7 Å². The van der Waals surface area contributed by atoms with Crippen LogP contribution in [0.5, 0.6) is 0 Å². The third kappa shape index (κ3) is 5.93. The van der Waals surface area contributed by atoms with E-state index in [1.165, 1.54) is 11.8 Å². The third-order valence-corrected chi connectivity index (χ3v) is 5.48. The van der Waals surface area contributed by atoms with Crippen molar-refractivity contribution in [1.82, 2.24) is 20.1 Å². The first-order valence-electron chi connectivity index (χ1n) is 9.77. The smallest absolute Gasteiger partial charge is 0.234 e. The second-order valence-corrected chi connectivity index (χ2v) is 7.68. The predicted octanol–water partition coefficient (Wildman–Crippen LogP) is 3.20. The molecule has 7 nitrogen and oxygen atoms in total. The van der Waals surface area contributed by atoms with Gasteiger partial charge < -0.3 is 15.2 Å². The van der Waals surface area contributed by atoms with Gasteiger partial charge in [-0.1, -0.05) is 60.3 Å². The van der Waals surface area contributed by atoms with Crippen LogP contribution in [0.15, 0.2) is 59.8 Å². The molecule has 30 heavy (non-hydrogen) atoms. The summed E-state index contributed by atoms with van der Waals surface area (Å²) in [5.74, 6) is 0.726. The minimum absolute atomic E-state index is 0.0707. The minimum atomic E-state index is -0.0994. The monoisotopic (exact) mass is 423 g/mol. The summed E-state index contributed by atoms with van der Waals surface area (Å²) in [5.41, 5.74) is 2.78. The molecule has 3 rings (SSSR count). The Bertz CT molecular complexity index is 1000. The van der Waals surface area contributed by atoms with Gasteiger partial charge in [0.1, 0.15) is 0 Å². The molecular weight excluding hydrogens is 398 g/mol. The van der Waals surface area contributed by atoms with Crippen LogP contribution in [-0.2, 0) is 29.1 Å². The van der Waals surface area contributed by atoms with Gasteiger partial charge in [0.25, 0.3) is 0 Å². The van der Waals surface area contributed by atoms with Gasteiger partial charge in [-0.25, -0.2) is 0 Å². The number of aryl methyl sites for hydroxylation is 1. The van der Waals surface area contributed by atoms with Gasteiger partial charge in [0, 0.05) is 12.2 Å². The number of rotatable bonds is 9. The molecule has 156 valence electrons. The number of nitrogens with zero attached hydrogens (tertiary/aromatic N) is 3. The highest BCUT2D eigenvalue weighted by molar-refractivity contribution is 7.99. The minimum Gasteiger partial charge on any atom is -0.349 e. The van der Waals surface area contributed by atoms with Gasteiger partial charge in [0.2, 0.25) is 11.8 Å². The van der Waals surface area contributed by atoms with E-state index in [2.05, 4.69) is 20.8 Å². The highest BCUT2D eigenvalue weighted by Crippen LogP contribution is 2.19. The van der Waals surface area contributed by atoms with Crippen LogP contribution in [-0.4, -0.2) is 32.3 Å². The second-order valence-electron chi connectivity index (χ2n) is 6.73. The van der Waals surface area contributed by atoms with E-state index in [0.717, 1.165) is 16.8 Å². The van der Waals surface area contributed by atoms with Gasteiger partial charge in [-0.3, -0.25) is 9.59 Å². The summed E-state index contributed by atoms with van der Waals surface area (Å²) in [4.78, 5) is 24.5. The van der Waals surface area contributed by atoms with E-state index in [-0.39, 0.29) is 17.6 Å². The fourth-order valence-electron chi connectivity index (χ4n) is 2.93. The summed E-state index contributed by atoms with van der Waals surface area (Å²) in [7, 11) is 0. The number of carbonyl (C=O) groups is 2. The lowest BCUT2D eigenvalue weighted by atomic mass is 10.1. The summed E-state index contributed by atoms with van der Waals surface area (Å²) >= 11 is 1.33. The average molecular weight is 424 g/mol. The van der Waals surface area contributed by atoms with Crippen molar-refractivity contribution in [2.75, 3.05) is 11.1 Å². The van der Waals surface area contributed by atoms with Crippen molar-refractivity contribution in [2.24, 2.45) is 0 Å². The standard InChI is InChI=1S/C22H25N5O2S/c1-3-27-19(14-23-20(28)13-17-10-5-4-6-11-17)25-26-22(27)30-15-21(29)24-18-12-8-7-9-16(18)2/h4-12H,3,13-15H2,1-2H3,(H,23,28)(H,24,29). The Balaban J connectivity index is 1.53. The number of para-hydroxylation sites is 1. The molecule has 0 fully saturated rings. The first kappa shape index (κ1) is 21.6. The van der Waals surface area contributed by atoms with E-state index < -0.39 is 0 Å². The number of benzene rings is 2. The molecular formula is C22H25N5O2S. The zero-order valence-corrected chi connectivity index (χ0v) is 17.9. The molecule has 0 aliphatic carbocycles. The Morgan fingerprint density at radius 1 is 1.00 bits per heavy atom. The van der Waals surface area contributed by atoms with Crippen molar-refractivity contribution < 1.29 is 9.59 Å². The van der Waals surface area contributed by atoms with Crippen molar-refractivity contribution in [3.8, 4) is 0 Å². The summed E-state index contributed by atoms with van der Waals surface area (Å²) in [5, 5.41) is 14.8. The summed E-state index contributed by atoms with van der Waals surface area (Å²) in [6.45, 7) is 4.88. The molecule has 0 radical (unpaired) electrons. The van der Waals surface area contributed by atoms with Crippen molar-refractivity contribution in [1.29, 1.82) is 0 Å². The van der Waals surface area contributed by atoms with Crippen LogP contribution in [0.1, 0.15) is 23.9 Å². The lowest BCUT2D eigenvalue weighted by Gasteiger charge is -2.09. The van der Waals surface area contributed by atoms with E-state index in [1.54, 1.807) is 0 Å². The molecule has 0 atom stereocenters. The molecule has 0 aliphatic rings. The first-order chi connectivity index (χ1) is 14.6. The number of amides is 2. The van der Waals surface area contributed by atoms with Gasteiger partial charge >= 0.3 is 0 Å². The van der Waals surface area contributed by atoms with Crippen molar-refractivity contribution >= 4 is 29.3 Å². The first-order valence-corrected chi connectivity index (χ1v) is 10.8.